The van der Waals surface area contributed by atoms with Crippen LogP contribution in [0, 0.1) is 11.7 Å². The maximum Gasteiger partial charge on any atom is 0.340 e. The van der Waals surface area contributed by atoms with Crippen LogP contribution >= 0.6 is 0 Å². The fraction of sp³-hybridized carbons (Fsp3) is 0.462. The lowest BCUT2D eigenvalue weighted by molar-refractivity contribution is 0.0693. The van der Waals surface area contributed by atoms with Crippen LogP contribution in [0.15, 0.2) is 12.1 Å². The molecule has 5 nitrogen and oxygen atoms in total. The lowest BCUT2D eigenvalue weighted by atomic mass is 9.83. The molecule has 100 valence electrons. The van der Waals surface area contributed by atoms with E-state index in [0.29, 0.717) is 18.0 Å². The van der Waals surface area contributed by atoms with E-state index >= 15 is 0 Å². The first-order valence-corrected chi connectivity index (χ1v) is 6.42. The van der Waals surface area contributed by atoms with E-state index in [-0.39, 0.29) is 11.1 Å². The zero-order valence-corrected chi connectivity index (χ0v) is 10.3. The Balaban J connectivity index is 1.99. The van der Waals surface area contributed by atoms with Crippen molar-refractivity contribution in [2.45, 2.75) is 32.2 Å². The van der Waals surface area contributed by atoms with Crippen molar-refractivity contribution in [2.75, 3.05) is 0 Å². The van der Waals surface area contributed by atoms with Crippen molar-refractivity contribution >= 4 is 17.0 Å². The van der Waals surface area contributed by atoms with Crippen molar-refractivity contribution < 1.29 is 14.3 Å². The molecular formula is C13H14FN3O2. The highest BCUT2D eigenvalue weighted by molar-refractivity contribution is 6.01. The van der Waals surface area contributed by atoms with E-state index in [1.165, 1.54) is 30.0 Å². The first kappa shape index (κ1) is 12.1. The van der Waals surface area contributed by atoms with Gasteiger partial charge in [0.25, 0.3) is 0 Å². The molecule has 0 bridgehead atoms. The second-order valence-corrected chi connectivity index (χ2v) is 4.99. The molecule has 0 saturated heterocycles. The van der Waals surface area contributed by atoms with Gasteiger partial charge >= 0.3 is 5.97 Å². The topological polar surface area (TPSA) is 68.0 Å². The Morgan fingerprint density at radius 3 is 2.89 bits per heavy atom. The number of rotatable bonds is 4. The number of halogens is 1. The number of fused-ring (bicyclic) bond motifs is 1. The minimum atomic E-state index is -1.28. The van der Waals surface area contributed by atoms with Crippen LogP contribution in [-0.4, -0.2) is 26.1 Å². The summed E-state index contributed by atoms with van der Waals surface area (Å²) in [5, 5.41) is 17.0. The van der Waals surface area contributed by atoms with Crippen molar-refractivity contribution in [3.63, 3.8) is 0 Å². The average molecular weight is 263 g/mol. The zero-order chi connectivity index (χ0) is 13.4. The van der Waals surface area contributed by atoms with Gasteiger partial charge in [0.1, 0.15) is 22.4 Å². The van der Waals surface area contributed by atoms with Crippen LogP contribution in [0.5, 0.6) is 0 Å². The molecule has 1 aliphatic carbocycles. The molecule has 0 radical (unpaired) electrons. The van der Waals surface area contributed by atoms with Crippen molar-refractivity contribution in [1.82, 2.24) is 15.0 Å². The fourth-order valence-electron chi connectivity index (χ4n) is 2.49. The van der Waals surface area contributed by atoms with Gasteiger partial charge in [0.05, 0.1) is 0 Å². The quantitative estimate of drug-likeness (QED) is 0.920. The Morgan fingerprint density at radius 2 is 2.26 bits per heavy atom. The van der Waals surface area contributed by atoms with Crippen LogP contribution in [-0.2, 0) is 6.54 Å². The number of hydrogen-bond acceptors (Lipinski definition) is 3. The molecule has 0 amide bonds. The normalized spacial score (nSPS) is 15.6. The van der Waals surface area contributed by atoms with Crippen molar-refractivity contribution in [1.29, 1.82) is 0 Å². The Labute approximate surface area is 109 Å². The Kier molecular flexibility index (Phi) is 2.93. The molecule has 6 heteroatoms. The summed E-state index contributed by atoms with van der Waals surface area (Å²) in [6.07, 6.45) is 4.63. The van der Waals surface area contributed by atoms with Gasteiger partial charge in [-0.15, -0.1) is 5.10 Å². The Morgan fingerprint density at radius 1 is 1.47 bits per heavy atom. The van der Waals surface area contributed by atoms with Gasteiger partial charge < -0.3 is 5.11 Å². The highest BCUT2D eigenvalue weighted by Gasteiger charge is 2.21. The number of aryl methyl sites for hydroxylation is 1. The average Bonchev–Trinajstić information content (AvgIpc) is 2.70. The molecule has 1 aromatic heterocycles. The van der Waals surface area contributed by atoms with Crippen LogP contribution in [0.25, 0.3) is 11.0 Å². The Hall–Kier alpha value is -1.98. The highest BCUT2D eigenvalue weighted by Crippen LogP contribution is 2.30. The molecule has 3 rings (SSSR count). The molecule has 1 fully saturated rings. The summed E-state index contributed by atoms with van der Waals surface area (Å²) in [5.74, 6) is -1.34. The molecule has 0 atom stereocenters. The van der Waals surface area contributed by atoms with Gasteiger partial charge in [0, 0.05) is 6.54 Å². The number of aromatic nitrogens is 3. The molecular weight excluding hydrogens is 249 g/mol. The summed E-state index contributed by atoms with van der Waals surface area (Å²) in [6.45, 7) is 0.588. The van der Waals surface area contributed by atoms with Crippen LogP contribution in [0.2, 0.25) is 0 Å². The summed E-state index contributed by atoms with van der Waals surface area (Å²) >= 11 is 0. The van der Waals surface area contributed by atoms with Gasteiger partial charge in [-0.25, -0.2) is 13.9 Å². The predicted octanol–water partition coefficient (Wildman–Crippen LogP) is 2.46. The van der Waals surface area contributed by atoms with E-state index in [1.54, 1.807) is 0 Å². The van der Waals surface area contributed by atoms with Gasteiger partial charge in [-0.2, -0.15) is 0 Å². The number of carbonyl (C=O) groups is 1. The van der Waals surface area contributed by atoms with Crippen LogP contribution in [0.4, 0.5) is 4.39 Å². The molecule has 19 heavy (non-hydrogen) atoms. The van der Waals surface area contributed by atoms with E-state index in [2.05, 4.69) is 10.3 Å². The molecule has 1 aliphatic rings. The van der Waals surface area contributed by atoms with Crippen molar-refractivity contribution in [2.24, 2.45) is 5.92 Å². The third-order valence-corrected chi connectivity index (χ3v) is 3.81. The first-order chi connectivity index (χ1) is 9.16. The number of hydrogen-bond donors (Lipinski definition) is 1. The second-order valence-electron chi connectivity index (χ2n) is 4.99. The maximum absolute atomic E-state index is 13.7. The van der Waals surface area contributed by atoms with Gasteiger partial charge in [-0.3, -0.25) is 0 Å². The molecule has 2 aromatic rings. The third kappa shape index (κ3) is 2.07. The number of aromatic carboxylic acids is 1. The molecule has 0 spiro atoms. The zero-order valence-electron chi connectivity index (χ0n) is 10.3. The standard InChI is InChI=1S/C13H14FN3O2/c14-9-4-5-10-12(11(9)13(18)19)17(16-15-10)7-6-8-2-1-3-8/h4-5,8H,1-3,6-7H2,(H,18,19). The SMILES string of the molecule is O=C(O)c1c(F)ccc2nnn(CCC3CCC3)c12. The van der Waals surface area contributed by atoms with E-state index in [1.807, 2.05) is 0 Å². The summed E-state index contributed by atoms with van der Waals surface area (Å²) < 4.78 is 15.2. The van der Waals surface area contributed by atoms with Gasteiger partial charge in [-0.1, -0.05) is 24.5 Å². The van der Waals surface area contributed by atoms with E-state index in [0.717, 1.165) is 12.5 Å². The molecule has 0 aliphatic heterocycles. The van der Waals surface area contributed by atoms with Gasteiger partial charge in [-0.05, 0) is 24.5 Å². The monoisotopic (exact) mass is 263 g/mol. The van der Waals surface area contributed by atoms with E-state index in [4.69, 9.17) is 5.11 Å². The minimum absolute atomic E-state index is 0.284. The third-order valence-electron chi connectivity index (χ3n) is 3.81. The Bertz CT molecular complexity index is 634. The van der Waals surface area contributed by atoms with Crippen molar-refractivity contribution in [3.8, 4) is 0 Å². The molecule has 1 saturated carbocycles. The van der Waals surface area contributed by atoms with Crippen LogP contribution in [0.1, 0.15) is 36.0 Å². The van der Waals surface area contributed by atoms with Crippen LogP contribution in [0.3, 0.4) is 0 Å². The van der Waals surface area contributed by atoms with E-state index in [9.17, 15) is 9.18 Å². The van der Waals surface area contributed by atoms with Crippen LogP contribution < -0.4 is 0 Å². The number of benzene rings is 1. The number of nitrogens with zero attached hydrogens (tertiary/aromatic N) is 3. The van der Waals surface area contributed by atoms with Gasteiger partial charge in [0.15, 0.2) is 0 Å². The summed E-state index contributed by atoms with van der Waals surface area (Å²) in [6, 6.07) is 2.58. The number of carboxylic acid groups (broad SMARTS) is 1. The first-order valence-electron chi connectivity index (χ1n) is 6.42. The van der Waals surface area contributed by atoms with E-state index < -0.39 is 11.8 Å². The summed E-state index contributed by atoms with van der Waals surface area (Å²) in [5.41, 5.74) is 0.371. The maximum atomic E-state index is 13.7. The minimum Gasteiger partial charge on any atom is -0.478 e. The van der Waals surface area contributed by atoms with Crippen molar-refractivity contribution in [3.05, 3.63) is 23.5 Å². The largest absolute Gasteiger partial charge is 0.478 e. The smallest absolute Gasteiger partial charge is 0.340 e. The fourth-order valence-corrected chi connectivity index (χ4v) is 2.49. The second kappa shape index (κ2) is 4.60. The lowest BCUT2D eigenvalue weighted by Crippen LogP contribution is -2.15. The molecule has 1 N–H and O–H groups in total. The molecule has 1 heterocycles. The lowest BCUT2D eigenvalue weighted by Gasteiger charge is -2.24. The van der Waals surface area contributed by atoms with Gasteiger partial charge in [0.2, 0.25) is 0 Å². The highest BCUT2D eigenvalue weighted by atomic mass is 19.1. The predicted molar refractivity (Wildman–Crippen MR) is 66.4 cm³/mol. The summed E-state index contributed by atoms with van der Waals surface area (Å²) in [7, 11) is 0. The number of carboxylic acids is 1. The molecule has 1 aromatic carbocycles. The summed E-state index contributed by atoms with van der Waals surface area (Å²) in [4.78, 5) is 11.2. The molecule has 0 unspecified atom stereocenters.